The molecule has 0 aliphatic heterocycles. The van der Waals surface area contributed by atoms with E-state index in [1.165, 1.54) is 6.33 Å². The first-order chi connectivity index (χ1) is 7.77. The lowest BCUT2D eigenvalue weighted by Crippen LogP contribution is -2.16. The maximum Gasteiger partial charge on any atom is 0.148 e. The highest BCUT2D eigenvalue weighted by molar-refractivity contribution is 6.32. The van der Waals surface area contributed by atoms with Crippen molar-refractivity contribution in [3.63, 3.8) is 0 Å². The molecule has 0 saturated heterocycles. The van der Waals surface area contributed by atoms with Crippen molar-refractivity contribution >= 4 is 17.4 Å². The van der Waals surface area contributed by atoms with Crippen LogP contribution in [0.5, 0.6) is 0 Å². The summed E-state index contributed by atoms with van der Waals surface area (Å²) in [5.74, 6) is 1.12. The maximum atomic E-state index is 8.94. The lowest BCUT2D eigenvalue weighted by atomic mass is 10.0. The molecule has 16 heavy (non-hydrogen) atoms. The fourth-order valence-electron chi connectivity index (χ4n) is 1.62. The molecule has 0 saturated carbocycles. The van der Waals surface area contributed by atoms with Crippen molar-refractivity contribution in [1.29, 1.82) is 0 Å². The Kier molecular flexibility index (Phi) is 6.11. The van der Waals surface area contributed by atoms with Crippen LogP contribution in [0, 0.1) is 5.92 Å². The molecule has 0 fully saturated rings. The third kappa shape index (κ3) is 4.33. The summed E-state index contributed by atoms with van der Waals surface area (Å²) in [5.41, 5.74) is 0. The highest BCUT2D eigenvalue weighted by Crippen LogP contribution is 2.18. The molecule has 1 unspecified atom stereocenters. The first-order valence-corrected chi connectivity index (χ1v) is 5.96. The van der Waals surface area contributed by atoms with E-state index in [1.54, 1.807) is 6.20 Å². The highest BCUT2D eigenvalue weighted by Gasteiger charge is 2.08. The minimum absolute atomic E-state index is 0.226. The molecular weight excluding hydrogens is 226 g/mol. The van der Waals surface area contributed by atoms with E-state index in [2.05, 4.69) is 22.2 Å². The monoisotopic (exact) mass is 243 g/mol. The van der Waals surface area contributed by atoms with Crippen molar-refractivity contribution in [3.8, 4) is 0 Å². The number of aliphatic hydroxyl groups is 1. The van der Waals surface area contributed by atoms with Crippen LogP contribution in [0.15, 0.2) is 12.5 Å². The van der Waals surface area contributed by atoms with E-state index in [1.807, 2.05) is 0 Å². The summed E-state index contributed by atoms with van der Waals surface area (Å²) in [4.78, 5) is 7.88. The van der Waals surface area contributed by atoms with Crippen LogP contribution in [-0.4, -0.2) is 28.2 Å². The predicted octanol–water partition coefficient (Wildman–Crippen LogP) is 2.34. The van der Waals surface area contributed by atoms with Crippen LogP contribution < -0.4 is 5.32 Å². The van der Waals surface area contributed by atoms with Gasteiger partial charge in [-0.05, 0) is 18.8 Å². The zero-order valence-electron chi connectivity index (χ0n) is 9.49. The van der Waals surface area contributed by atoms with Crippen molar-refractivity contribution in [1.82, 2.24) is 9.97 Å². The van der Waals surface area contributed by atoms with Gasteiger partial charge in [0, 0.05) is 13.2 Å². The Bertz CT molecular complexity index is 303. The minimum Gasteiger partial charge on any atom is -0.396 e. The lowest BCUT2D eigenvalue weighted by Gasteiger charge is -2.16. The van der Waals surface area contributed by atoms with Gasteiger partial charge in [-0.25, -0.2) is 9.97 Å². The Morgan fingerprint density at radius 2 is 2.31 bits per heavy atom. The zero-order valence-corrected chi connectivity index (χ0v) is 10.2. The van der Waals surface area contributed by atoms with Crippen molar-refractivity contribution in [3.05, 3.63) is 17.5 Å². The minimum atomic E-state index is 0.226. The van der Waals surface area contributed by atoms with Crippen molar-refractivity contribution in [2.45, 2.75) is 26.2 Å². The summed E-state index contributed by atoms with van der Waals surface area (Å²) < 4.78 is 0. The van der Waals surface area contributed by atoms with E-state index >= 15 is 0 Å². The number of hydrogen-bond donors (Lipinski definition) is 2. The Balaban J connectivity index is 2.45. The molecule has 0 aromatic carbocycles. The molecule has 1 atom stereocenters. The number of hydrogen-bond acceptors (Lipinski definition) is 4. The molecule has 0 amide bonds. The van der Waals surface area contributed by atoms with Crippen molar-refractivity contribution in [2.75, 3.05) is 18.5 Å². The molecule has 90 valence electrons. The van der Waals surface area contributed by atoms with Gasteiger partial charge < -0.3 is 10.4 Å². The van der Waals surface area contributed by atoms with E-state index < -0.39 is 0 Å². The normalized spacial score (nSPS) is 12.4. The van der Waals surface area contributed by atoms with Gasteiger partial charge in [0.25, 0.3) is 0 Å². The molecule has 0 spiro atoms. The van der Waals surface area contributed by atoms with Crippen molar-refractivity contribution in [2.24, 2.45) is 5.92 Å². The molecule has 1 heterocycles. The summed E-state index contributed by atoms with van der Waals surface area (Å²) in [6.45, 7) is 3.15. The Labute approximate surface area is 101 Å². The number of rotatable bonds is 7. The molecule has 2 N–H and O–H groups in total. The van der Waals surface area contributed by atoms with Crippen molar-refractivity contribution < 1.29 is 5.11 Å². The van der Waals surface area contributed by atoms with Gasteiger partial charge in [-0.2, -0.15) is 0 Å². The first kappa shape index (κ1) is 13.2. The van der Waals surface area contributed by atoms with E-state index in [-0.39, 0.29) is 6.61 Å². The van der Waals surface area contributed by atoms with Crippen LogP contribution in [0.25, 0.3) is 0 Å². The molecule has 1 rings (SSSR count). The average molecular weight is 244 g/mol. The Hall–Kier alpha value is -0.870. The van der Waals surface area contributed by atoms with Gasteiger partial charge in [-0.1, -0.05) is 24.9 Å². The molecule has 5 heteroatoms. The van der Waals surface area contributed by atoms with Gasteiger partial charge in [-0.15, -0.1) is 0 Å². The van der Waals surface area contributed by atoms with Crippen LogP contribution in [-0.2, 0) is 0 Å². The topological polar surface area (TPSA) is 58.0 Å². The van der Waals surface area contributed by atoms with E-state index in [9.17, 15) is 0 Å². The predicted molar refractivity (Wildman–Crippen MR) is 65.6 cm³/mol. The lowest BCUT2D eigenvalue weighted by molar-refractivity contribution is 0.255. The second-order valence-electron chi connectivity index (χ2n) is 3.77. The number of nitrogens with one attached hydrogen (secondary N) is 1. The summed E-state index contributed by atoms with van der Waals surface area (Å²) in [7, 11) is 0. The Morgan fingerprint density at radius 1 is 1.50 bits per heavy atom. The van der Waals surface area contributed by atoms with Crippen LogP contribution >= 0.6 is 11.6 Å². The Morgan fingerprint density at radius 3 is 2.94 bits per heavy atom. The van der Waals surface area contributed by atoms with Gasteiger partial charge in [0.1, 0.15) is 17.2 Å². The third-order valence-electron chi connectivity index (χ3n) is 2.46. The third-order valence-corrected chi connectivity index (χ3v) is 2.74. The summed E-state index contributed by atoms with van der Waals surface area (Å²) in [5, 5.41) is 12.7. The van der Waals surface area contributed by atoms with Crippen LogP contribution in [0.2, 0.25) is 5.02 Å². The number of anilines is 1. The quantitative estimate of drug-likeness (QED) is 0.772. The number of aromatic nitrogens is 2. The smallest absolute Gasteiger partial charge is 0.148 e. The molecular formula is C11H18ClN3O. The molecule has 0 aliphatic carbocycles. The standard InChI is InChI=1S/C11H18ClN3O/c1-2-3-9(4-5-16)6-14-11-10(12)7-13-8-15-11/h7-9,16H,2-6H2,1H3,(H,13,14,15). The van der Waals surface area contributed by atoms with Crippen LogP contribution in [0.4, 0.5) is 5.82 Å². The van der Waals surface area contributed by atoms with Gasteiger partial charge in [-0.3, -0.25) is 0 Å². The zero-order chi connectivity index (χ0) is 11.8. The molecule has 1 aromatic heterocycles. The van der Waals surface area contributed by atoms with Gasteiger partial charge in [0.2, 0.25) is 0 Å². The second-order valence-corrected chi connectivity index (χ2v) is 4.17. The van der Waals surface area contributed by atoms with E-state index in [4.69, 9.17) is 16.7 Å². The van der Waals surface area contributed by atoms with Crippen LogP contribution in [0.1, 0.15) is 26.2 Å². The fourth-order valence-corrected chi connectivity index (χ4v) is 1.79. The van der Waals surface area contributed by atoms with Gasteiger partial charge >= 0.3 is 0 Å². The fraction of sp³-hybridized carbons (Fsp3) is 0.636. The molecule has 0 radical (unpaired) electrons. The summed E-state index contributed by atoms with van der Waals surface area (Å²) in [6.07, 6.45) is 6.05. The summed E-state index contributed by atoms with van der Waals surface area (Å²) >= 11 is 5.92. The number of halogens is 1. The number of aliphatic hydroxyl groups excluding tert-OH is 1. The van der Waals surface area contributed by atoms with Gasteiger partial charge in [0.05, 0.1) is 6.20 Å². The second kappa shape index (κ2) is 7.41. The van der Waals surface area contributed by atoms with E-state index in [0.29, 0.717) is 16.8 Å². The summed E-state index contributed by atoms with van der Waals surface area (Å²) in [6, 6.07) is 0. The van der Waals surface area contributed by atoms with Crippen LogP contribution in [0.3, 0.4) is 0 Å². The molecule has 0 bridgehead atoms. The van der Waals surface area contributed by atoms with Gasteiger partial charge in [0.15, 0.2) is 0 Å². The molecule has 1 aromatic rings. The van der Waals surface area contributed by atoms with E-state index in [0.717, 1.165) is 25.8 Å². The average Bonchev–Trinajstić information content (AvgIpc) is 2.28. The highest BCUT2D eigenvalue weighted by atomic mass is 35.5. The maximum absolute atomic E-state index is 8.94. The SMILES string of the molecule is CCCC(CCO)CNc1ncncc1Cl. The number of nitrogens with zero attached hydrogens (tertiary/aromatic N) is 2. The molecule has 0 aliphatic rings. The largest absolute Gasteiger partial charge is 0.396 e. The molecule has 4 nitrogen and oxygen atoms in total. The first-order valence-electron chi connectivity index (χ1n) is 5.58.